The third kappa shape index (κ3) is 5.73. The SMILES string of the molecule is CCCOc1c(Br)cc(C(=O)N(C)CC(=O)Nc2ccc(C)cc2)cc1OC. The number of nitrogens with zero attached hydrogens (tertiary/aromatic N) is 1. The van der Waals surface area contributed by atoms with Crippen molar-refractivity contribution in [3.05, 3.63) is 52.0 Å². The van der Waals surface area contributed by atoms with Crippen molar-refractivity contribution in [3.8, 4) is 11.5 Å². The topological polar surface area (TPSA) is 67.9 Å². The molecule has 0 heterocycles. The van der Waals surface area contributed by atoms with Gasteiger partial charge in [0.05, 0.1) is 24.7 Å². The second kappa shape index (κ2) is 10.1. The van der Waals surface area contributed by atoms with Crippen LogP contribution in [0.25, 0.3) is 0 Å². The van der Waals surface area contributed by atoms with E-state index in [9.17, 15) is 9.59 Å². The minimum Gasteiger partial charge on any atom is -0.493 e. The van der Waals surface area contributed by atoms with Gasteiger partial charge in [0.2, 0.25) is 5.91 Å². The van der Waals surface area contributed by atoms with Crippen molar-refractivity contribution < 1.29 is 19.1 Å². The monoisotopic (exact) mass is 448 g/mol. The van der Waals surface area contributed by atoms with Crippen LogP contribution >= 0.6 is 15.9 Å². The number of anilines is 1. The molecule has 0 aromatic heterocycles. The molecule has 2 aromatic carbocycles. The van der Waals surface area contributed by atoms with Gasteiger partial charge in [-0.1, -0.05) is 24.6 Å². The zero-order valence-corrected chi connectivity index (χ0v) is 18.1. The molecule has 0 aliphatic rings. The zero-order chi connectivity index (χ0) is 20.7. The second-order valence-corrected chi connectivity index (χ2v) is 7.27. The summed E-state index contributed by atoms with van der Waals surface area (Å²) in [4.78, 5) is 26.4. The molecule has 2 amide bonds. The summed E-state index contributed by atoms with van der Waals surface area (Å²) in [6.07, 6.45) is 0.856. The Balaban J connectivity index is 2.08. The molecule has 0 unspecified atom stereocenters. The van der Waals surface area contributed by atoms with Crippen LogP contribution in [0.5, 0.6) is 11.5 Å². The Kier molecular flexibility index (Phi) is 7.87. The number of halogens is 1. The van der Waals surface area contributed by atoms with Crippen LogP contribution in [0.1, 0.15) is 29.3 Å². The van der Waals surface area contributed by atoms with Gasteiger partial charge >= 0.3 is 0 Å². The molecule has 0 spiro atoms. The molecule has 2 rings (SSSR count). The van der Waals surface area contributed by atoms with E-state index in [1.807, 2.05) is 38.1 Å². The number of benzene rings is 2. The highest BCUT2D eigenvalue weighted by Crippen LogP contribution is 2.37. The molecule has 0 atom stereocenters. The van der Waals surface area contributed by atoms with Gasteiger partial charge in [-0.15, -0.1) is 0 Å². The summed E-state index contributed by atoms with van der Waals surface area (Å²) in [6.45, 7) is 4.46. The van der Waals surface area contributed by atoms with Crippen LogP contribution in [-0.2, 0) is 4.79 Å². The van der Waals surface area contributed by atoms with Gasteiger partial charge in [0.15, 0.2) is 11.5 Å². The predicted molar refractivity (Wildman–Crippen MR) is 113 cm³/mol. The van der Waals surface area contributed by atoms with Crippen LogP contribution in [0.15, 0.2) is 40.9 Å². The van der Waals surface area contributed by atoms with Crippen molar-refractivity contribution in [2.75, 3.05) is 32.6 Å². The van der Waals surface area contributed by atoms with Crippen molar-refractivity contribution in [3.63, 3.8) is 0 Å². The molecule has 0 bridgehead atoms. The van der Waals surface area contributed by atoms with E-state index in [2.05, 4.69) is 21.2 Å². The molecule has 0 fully saturated rings. The first kappa shape index (κ1) is 21.8. The van der Waals surface area contributed by atoms with Crippen LogP contribution in [0.3, 0.4) is 0 Å². The van der Waals surface area contributed by atoms with E-state index in [1.54, 1.807) is 19.2 Å². The number of carbonyl (C=O) groups excluding carboxylic acids is 2. The summed E-state index contributed by atoms with van der Waals surface area (Å²) >= 11 is 3.43. The van der Waals surface area contributed by atoms with Crippen molar-refractivity contribution in [1.29, 1.82) is 0 Å². The smallest absolute Gasteiger partial charge is 0.254 e. The first-order chi connectivity index (χ1) is 13.3. The summed E-state index contributed by atoms with van der Waals surface area (Å²) in [5, 5.41) is 2.79. The fraction of sp³-hybridized carbons (Fsp3) is 0.333. The average molecular weight is 449 g/mol. The fourth-order valence-corrected chi connectivity index (χ4v) is 3.09. The number of hydrogen-bond acceptors (Lipinski definition) is 4. The summed E-state index contributed by atoms with van der Waals surface area (Å²) in [6, 6.07) is 10.8. The molecular weight excluding hydrogens is 424 g/mol. The number of ether oxygens (including phenoxy) is 2. The van der Waals surface area contributed by atoms with Crippen LogP contribution < -0.4 is 14.8 Å². The van der Waals surface area contributed by atoms with Crippen molar-refractivity contribution in [1.82, 2.24) is 4.90 Å². The largest absolute Gasteiger partial charge is 0.493 e. The number of nitrogens with one attached hydrogen (secondary N) is 1. The highest BCUT2D eigenvalue weighted by atomic mass is 79.9. The third-order valence-corrected chi connectivity index (χ3v) is 4.58. The van der Waals surface area contributed by atoms with Crippen LogP contribution in [-0.4, -0.2) is 44.0 Å². The minimum atomic E-state index is -0.292. The Labute approximate surface area is 174 Å². The van der Waals surface area contributed by atoms with Gasteiger partial charge in [0.25, 0.3) is 5.91 Å². The van der Waals surface area contributed by atoms with Gasteiger partial charge in [0.1, 0.15) is 0 Å². The summed E-state index contributed by atoms with van der Waals surface area (Å²) in [5.74, 6) is 0.457. The molecule has 28 heavy (non-hydrogen) atoms. The van der Waals surface area contributed by atoms with E-state index in [0.29, 0.717) is 33.8 Å². The molecule has 0 radical (unpaired) electrons. The third-order valence-electron chi connectivity index (χ3n) is 3.99. The first-order valence-corrected chi connectivity index (χ1v) is 9.77. The number of amides is 2. The lowest BCUT2D eigenvalue weighted by Crippen LogP contribution is -2.35. The van der Waals surface area contributed by atoms with E-state index in [0.717, 1.165) is 12.0 Å². The number of carbonyl (C=O) groups is 2. The maximum atomic E-state index is 12.8. The molecule has 0 aliphatic heterocycles. The number of aryl methyl sites for hydroxylation is 1. The van der Waals surface area contributed by atoms with E-state index < -0.39 is 0 Å². The summed E-state index contributed by atoms with van der Waals surface area (Å²) in [5.41, 5.74) is 2.20. The first-order valence-electron chi connectivity index (χ1n) is 8.98. The normalized spacial score (nSPS) is 10.3. The molecule has 7 heteroatoms. The van der Waals surface area contributed by atoms with Crippen molar-refractivity contribution in [2.24, 2.45) is 0 Å². The zero-order valence-electron chi connectivity index (χ0n) is 16.5. The summed E-state index contributed by atoms with van der Waals surface area (Å²) < 4.78 is 11.7. The predicted octanol–water partition coefficient (Wildman–Crippen LogP) is 4.27. The number of rotatable bonds is 8. The highest BCUT2D eigenvalue weighted by Gasteiger charge is 2.19. The minimum absolute atomic E-state index is 0.0687. The van der Waals surface area contributed by atoms with Crippen LogP contribution in [0.2, 0.25) is 0 Å². The van der Waals surface area contributed by atoms with Crippen LogP contribution in [0, 0.1) is 6.92 Å². The number of likely N-dealkylation sites (N-methyl/N-ethyl adjacent to an activating group) is 1. The molecule has 0 aliphatic carbocycles. The van der Waals surface area contributed by atoms with Gasteiger partial charge in [-0.05, 0) is 53.5 Å². The molecule has 1 N–H and O–H groups in total. The van der Waals surface area contributed by atoms with E-state index in [-0.39, 0.29) is 18.4 Å². The molecule has 2 aromatic rings. The van der Waals surface area contributed by atoms with Crippen molar-refractivity contribution >= 4 is 33.4 Å². The Morgan fingerprint density at radius 1 is 1.18 bits per heavy atom. The van der Waals surface area contributed by atoms with Gasteiger partial charge < -0.3 is 19.7 Å². The number of methoxy groups -OCH3 is 1. The quantitative estimate of drug-likeness (QED) is 0.654. The van der Waals surface area contributed by atoms with Crippen molar-refractivity contribution in [2.45, 2.75) is 20.3 Å². The Bertz CT molecular complexity index is 837. The van der Waals surface area contributed by atoms with Gasteiger partial charge in [-0.2, -0.15) is 0 Å². The second-order valence-electron chi connectivity index (χ2n) is 6.41. The maximum absolute atomic E-state index is 12.8. The lowest BCUT2D eigenvalue weighted by molar-refractivity contribution is -0.116. The Morgan fingerprint density at radius 3 is 2.46 bits per heavy atom. The van der Waals surface area contributed by atoms with E-state index >= 15 is 0 Å². The Morgan fingerprint density at radius 2 is 1.86 bits per heavy atom. The fourth-order valence-electron chi connectivity index (χ4n) is 2.53. The summed E-state index contributed by atoms with van der Waals surface area (Å²) in [7, 11) is 3.10. The molecule has 150 valence electrons. The standard InChI is InChI=1S/C21H25BrN2O4/c1-5-10-28-20-17(22)11-15(12-18(20)27-4)21(26)24(3)13-19(25)23-16-8-6-14(2)7-9-16/h6-9,11-12H,5,10,13H2,1-4H3,(H,23,25). The average Bonchev–Trinajstić information content (AvgIpc) is 2.67. The molecule has 0 saturated carbocycles. The lowest BCUT2D eigenvalue weighted by atomic mass is 10.1. The van der Waals surface area contributed by atoms with E-state index in [1.165, 1.54) is 12.0 Å². The maximum Gasteiger partial charge on any atom is 0.254 e. The van der Waals surface area contributed by atoms with Gasteiger partial charge in [-0.25, -0.2) is 0 Å². The van der Waals surface area contributed by atoms with Gasteiger partial charge in [-0.3, -0.25) is 9.59 Å². The van der Waals surface area contributed by atoms with E-state index in [4.69, 9.17) is 9.47 Å². The molecule has 6 nitrogen and oxygen atoms in total. The molecular formula is C21H25BrN2O4. The van der Waals surface area contributed by atoms with Crippen LogP contribution in [0.4, 0.5) is 5.69 Å². The van der Waals surface area contributed by atoms with Gasteiger partial charge in [0, 0.05) is 18.3 Å². The Hall–Kier alpha value is -2.54. The molecule has 0 saturated heterocycles. The number of hydrogen-bond donors (Lipinski definition) is 1. The lowest BCUT2D eigenvalue weighted by Gasteiger charge is -2.19. The highest BCUT2D eigenvalue weighted by molar-refractivity contribution is 9.10.